The molecule has 3 N–H and O–H groups in total. The molecule has 2 aliphatic rings. The average Bonchev–Trinajstić information content (AvgIpc) is 2.27. The highest BCUT2D eigenvalue weighted by molar-refractivity contribution is 5.79. The van der Waals surface area contributed by atoms with E-state index in [0.717, 1.165) is 37.0 Å². The summed E-state index contributed by atoms with van der Waals surface area (Å²) in [4.78, 5) is 22.0. The lowest BCUT2D eigenvalue weighted by Gasteiger charge is -2.34. The van der Waals surface area contributed by atoms with Crippen LogP contribution in [-0.4, -0.2) is 28.2 Å². The maximum absolute atomic E-state index is 11.1. The number of hydrogen-bond acceptors (Lipinski definition) is 3. The third kappa shape index (κ3) is 1.89. The van der Waals surface area contributed by atoms with Crippen LogP contribution in [0.5, 0.6) is 0 Å². The van der Waals surface area contributed by atoms with Gasteiger partial charge in [-0.25, -0.2) is 4.79 Å². The van der Waals surface area contributed by atoms with Gasteiger partial charge in [0.05, 0.1) is 5.92 Å². The second-order valence-electron chi connectivity index (χ2n) is 4.37. The molecule has 0 aromatic carbocycles. The van der Waals surface area contributed by atoms with Crippen LogP contribution < -0.4 is 5.32 Å². The van der Waals surface area contributed by atoms with Crippen LogP contribution in [0.4, 0.5) is 0 Å². The normalized spacial score (nSPS) is 29.2. The topological polar surface area (TPSA) is 86.6 Å². The fraction of sp³-hybridized carbons (Fsp3) is 0.636. The van der Waals surface area contributed by atoms with Gasteiger partial charge in [-0.15, -0.1) is 0 Å². The minimum absolute atomic E-state index is 0.156. The number of hydrogen-bond donors (Lipinski definition) is 3. The van der Waals surface area contributed by atoms with Crippen LogP contribution in [0.1, 0.15) is 32.1 Å². The summed E-state index contributed by atoms with van der Waals surface area (Å²) in [5, 5.41) is 21.0. The van der Waals surface area contributed by atoms with E-state index < -0.39 is 23.9 Å². The lowest BCUT2D eigenvalue weighted by molar-refractivity contribution is -0.143. The first-order valence-corrected chi connectivity index (χ1v) is 5.53. The SMILES string of the molecule is O=C(O)C1CC(C(=O)O)C2=C(CCCC2)N1. The molecule has 1 aliphatic heterocycles. The summed E-state index contributed by atoms with van der Waals surface area (Å²) in [5.41, 5.74) is 1.77. The Hall–Kier alpha value is -1.52. The van der Waals surface area contributed by atoms with E-state index >= 15 is 0 Å². The molecule has 2 unspecified atom stereocenters. The molecule has 1 heterocycles. The van der Waals surface area contributed by atoms with Gasteiger partial charge >= 0.3 is 11.9 Å². The molecule has 1 aliphatic carbocycles. The molecule has 0 fully saturated rings. The number of nitrogens with one attached hydrogen (secondary N) is 1. The molecular formula is C11H15NO4. The third-order valence-electron chi connectivity index (χ3n) is 3.35. The molecule has 2 atom stereocenters. The smallest absolute Gasteiger partial charge is 0.326 e. The van der Waals surface area contributed by atoms with Gasteiger partial charge in [0.1, 0.15) is 6.04 Å². The molecule has 0 saturated carbocycles. The number of allylic oxidation sites excluding steroid dienone is 1. The summed E-state index contributed by atoms with van der Waals surface area (Å²) in [7, 11) is 0. The fourth-order valence-corrected chi connectivity index (χ4v) is 2.54. The number of carboxylic acids is 2. The summed E-state index contributed by atoms with van der Waals surface area (Å²) in [6.07, 6.45) is 3.73. The quantitative estimate of drug-likeness (QED) is 0.651. The zero-order valence-electron chi connectivity index (χ0n) is 8.90. The van der Waals surface area contributed by atoms with E-state index in [-0.39, 0.29) is 6.42 Å². The molecule has 0 saturated heterocycles. The molecule has 88 valence electrons. The van der Waals surface area contributed by atoms with Gasteiger partial charge in [0.25, 0.3) is 0 Å². The molecule has 5 nitrogen and oxygen atoms in total. The second-order valence-corrected chi connectivity index (χ2v) is 4.37. The van der Waals surface area contributed by atoms with Gasteiger partial charge < -0.3 is 15.5 Å². The minimum atomic E-state index is -0.969. The molecule has 2 rings (SSSR count). The lowest BCUT2D eigenvalue weighted by Crippen LogP contribution is -2.45. The molecule has 16 heavy (non-hydrogen) atoms. The van der Waals surface area contributed by atoms with Crippen molar-refractivity contribution in [2.24, 2.45) is 5.92 Å². The maximum Gasteiger partial charge on any atom is 0.326 e. The Balaban J connectivity index is 2.29. The van der Waals surface area contributed by atoms with Crippen molar-refractivity contribution in [3.63, 3.8) is 0 Å². The van der Waals surface area contributed by atoms with Gasteiger partial charge in [-0.3, -0.25) is 4.79 Å². The van der Waals surface area contributed by atoms with Crippen molar-refractivity contribution in [2.45, 2.75) is 38.1 Å². The Morgan fingerprint density at radius 3 is 2.44 bits per heavy atom. The van der Waals surface area contributed by atoms with Gasteiger partial charge in [-0.05, 0) is 37.7 Å². The minimum Gasteiger partial charge on any atom is -0.481 e. The highest BCUT2D eigenvalue weighted by Gasteiger charge is 2.36. The van der Waals surface area contributed by atoms with Crippen molar-refractivity contribution in [3.8, 4) is 0 Å². The lowest BCUT2D eigenvalue weighted by atomic mass is 9.80. The zero-order valence-corrected chi connectivity index (χ0v) is 8.90. The van der Waals surface area contributed by atoms with Gasteiger partial charge in [0, 0.05) is 5.70 Å². The van der Waals surface area contributed by atoms with Gasteiger partial charge in [-0.1, -0.05) is 0 Å². The Kier molecular flexibility index (Phi) is 2.85. The fourth-order valence-electron chi connectivity index (χ4n) is 2.54. The molecule has 0 amide bonds. The van der Waals surface area contributed by atoms with Crippen molar-refractivity contribution >= 4 is 11.9 Å². The molecule has 0 aromatic heterocycles. The van der Waals surface area contributed by atoms with Gasteiger partial charge in [0.15, 0.2) is 0 Å². The van der Waals surface area contributed by atoms with Crippen LogP contribution in [0, 0.1) is 5.92 Å². The highest BCUT2D eigenvalue weighted by atomic mass is 16.4. The second kappa shape index (κ2) is 4.15. The van der Waals surface area contributed by atoms with Crippen LogP contribution in [0.15, 0.2) is 11.3 Å². The largest absolute Gasteiger partial charge is 0.481 e. The van der Waals surface area contributed by atoms with E-state index in [2.05, 4.69) is 5.32 Å². The molecule has 0 aromatic rings. The Bertz CT molecular complexity index is 361. The summed E-state index contributed by atoms with van der Waals surface area (Å²) in [6.45, 7) is 0. The van der Waals surface area contributed by atoms with E-state index in [9.17, 15) is 9.59 Å². The summed E-state index contributed by atoms with van der Waals surface area (Å²) in [6, 6.07) is -0.752. The van der Waals surface area contributed by atoms with Crippen LogP contribution >= 0.6 is 0 Å². The Morgan fingerprint density at radius 1 is 1.12 bits per heavy atom. The highest BCUT2D eigenvalue weighted by Crippen LogP contribution is 2.35. The zero-order chi connectivity index (χ0) is 11.7. The molecule has 5 heteroatoms. The van der Waals surface area contributed by atoms with E-state index in [0.29, 0.717) is 0 Å². The Labute approximate surface area is 93.1 Å². The van der Waals surface area contributed by atoms with E-state index in [1.165, 1.54) is 0 Å². The summed E-state index contributed by atoms with van der Waals surface area (Å²) in [5.74, 6) is -2.48. The summed E-state index contributed by atoms with van der Waals surface area (Å²) < 4.78 is 0. The summed E-state index contributed by atoms with van der Waals surface area (Å²) >= 11 is 0. The van der Waals surface area contributed by atoms with Crippen molar-refractivity contribution in [2.75, 3.05) is 0 Å². The van der Waals surface area contributed by atoms with E-state index in [1.807, 2.05) is 0 Å². The molecule has 0 spiro atoms. The van der Waals surface area contributed by atoms with Crippen molar-refractivity contribution in [3.05, 3.63) is 11.3 Å². The predicted molar refractivity (Wildman–Crippen MR) is 55.8 cm³/mol. The first-order chi connectivity index (χ1) is 7.59. The van der Waals surface area contributed by atoms with Crippen LogP contribution in [-0.2, 0) is 9.59 Å². The molecular weight excluding hydrogens is 210 g/mol. The monoisotopic (exact) mass is 225 g/mol. The van der Waals surface area contributed by atoms with Crippen molar-refractivity contribution in [1.29, 1.82) is 0 Å². The predicted octanol–water partition coefficient (Wildman–Crippen LogP) is 0.962. The first-order valence-electron chi connectivity index (χ1n) is 5.53. The molecule has 0 radical (unpaired) electrons. The number of carboxylic acid groups (broad SMARTS) is 2. The van der Waals surface area contributed by atoms with Crippen LogP contribution in [0.3, 0.4) is 0 Å². The standard InChI is InChI=1S/C11H15NO4/c13-10(14)7-5-9(11(15)16)12-8-4-2-1-3-6(7)8/h7,9,12H,1-5H2,(H,13,14)(H,15,16). The van der Waals surface area contributed by atoms with Crippen LogP contribution in [0.2, 0.25) is 0 Å². The van der Waals surface area contributed by atoms with Gasteiger partial charge in [0.2, 0.25) is 0 Å². The van der Waals surface area contributed by atoms with E-state index in [4.69, 9.17) is 10.2 Å². The average molecular weight is 225 g/mol. The van der Waals surface area contributed by atoms with Crippen LogP contribution in [0.25, 0.3) is 0 Å². The van der Waals surface area contributed by atoms with Gasteiger partial charge in [-0.2, -0.15) is 0 Å². The third-order valence-corrected chi connectivity index (χ3v) is 3.35. The first kappa shape index (κ1) is 11.0. The number of carbonyl (C=O) groups is 2. The van der Waals surface area contributed by atoms with Crippen molar-refractivity contribution < 1.29 is 19.8 Å². The maximum atomic E-state index is 11.1. The molecule has 0 bridgehead atoms. The van der Waals surface area contributed by atoms with E-state index in [1.54, 1.807) is 0 Å². The number of rotatable bonds is 2. The Morgan fingerprint density at radius 2 is 1.81 bits per heavy atom. The number of aliphatic carboxylic acids is 2. The van der Waals surface area contributed by atoms with Crippen molar-refractivity contribution in [1.82, 2.24) is 5.32 Å².